The highest BCUT2D eigenvalue weighted by molar-refractivity contribution is 5.99. The van der Waals surface area contributed by atoms with Gasteiger partial charge in [0, 0.05) is 17.3 Å². The van der Waals surface area contributed by atoms with E-state index in [1.807, 2.05) is 26.8 Å². The predicted molar refractivity (Wildman–Crippen MR) is 80.2 cm³/mol. The number of nitrogens with zero attached hydrogens (tertiary/aromatic N) is 1. The lowest BCUT2D eigenvalue weighted by molar-refractivity contribution is -0.115. The van der Waals surface area contributed by atoms with Crippen molar-refractivity contribution in [3.63, 3.8) is 0 Å². The molecular weight excluding hydrogens is 268 g/mol. The van der Waals surface area contributed by atoms with E-state index in [0.29, 0.717) is 11.4 Å². The van der Waals surface area contributed by atoms with Gasteiger partial charge in [0.15, 0.2) is 5.82 Å². The average molecular weight is 286 g/mol. The van der Waals surface area contributed by atoms with Crippen molar-refractivity contribution in [1.82, 2.24) is 15.5 Å². The Morgan fingerprint density at radius 1 is 1.10 bits per heavy atom. The van der Waals surface area contributed by atoms with Crippen molar-refractivity contribution in [2.45, 2.75) is 20.8 Å². The number of carbonyl (C=O) groups is 2. The summed E-state index contributed by atoms with van der Waals surface area (Å²) < 4.78 is 0. The number of amides is 2. The van der Waals surface area contributed by atoms with Crippen molar-refractivity contribution < 1.29 is 9.59 Å². The molecule has 110 valence electrons. The van der Waals surface area contributed by atoms with Crippen LogP contribution in [0.25, 0.3) is 0 Å². The van der Waals surface area contributed by atoms with E-state index in [4.69, 9.17) is 0 Å². The number of nitrogens with one attached hydrogen (secondary N) is 3. The van der Waals surface area contributed by atoms with Crippen LogP contribution < -0.4 is 10.6 Å². The topological polar surface area (TPSA) is 86.9 Å². The number of anilines is 1. The van der Waals surface area contributed by atoms with E-state index >= 15 is 0 Å². The van der Waals surface area contributed by atoms with Gasteiger partial charge in [0.1, 0.15) is 0 Å². The van der Waals surface area contributed by atoms with Crippen molar-refractivity contribution >= 4 is 17.6 Å². The van der Waals surface area contributed by atoms with Gasteiger partial charge in [-0.3, -0.25) is 14.7 Å². The Hall–Kier alpha value is -2.63. The molecule has 21 heavy (non-hydrogen) atoms. The molecule has 1 aromatic heterocycles. The summed E-state index contributed by atoms with van der Waals surface area (Å²) in [5, 5.41) is 11.8. The molecule has 2 rings (SSSR count). The van der Waals surface area contributed by atoms with Crippen LogP contribution in [0, 0.1) is 20.8 Å². The lowest BCUT2D eigenvalue weighted by Gasteiger charge is -2.07. The highest BCUT2D eigenvalue weighted by Gasteiger charge is 2.10. The first kappa shape index (κ1) is 14.8. The maximum absolute atomic E-state index is 12.0. The minimum atomic E-state index is -0.320. The van der Waals surface area contributed by atoms with Crippen LogP contribution in [0.5, 0.6) is 0 Å². The molecule has 0 saturated carbocycles. The molecule has 1 aromatic carbocycles. The maximum atomic E-state index is 12.0. The maximum Gasteiger partial charge on any atom is 0.251 e. The SMILES string of the molecule is Cc1cc(C)cc(C(=O)NCC(=O)Nc2cc(C)[nH]n2)c1. The summed E-state index contributed by atoms with van der Waals surface area (Å²) in [6.07, 6.45) is 0. The number of rotatable bonds is 4. The van der Waals surface area contributed by atoms with Crippen LogP contribution in [0.4, 0.5) is 5.82 Å². The average Bonchev–Trinajstić information content (AvgIpc) is 2.80. The summed E-state index contributed by atoms with van der Waals surface area (Å²) in [4.78, 5) is 23.7. The van der Waals surface area contributed by atoms with Gasteiger partial charge in [-0.05, 0) is 32.9 Å². The molecule has 3 N–H and O–H groups in total. The van der Waals surface area contributed by atoms with Crippen molar-refractivity contribution in [1.29, 1.82) is 0 Å². The molecule has 2 amide bonds. The third-order valence-corrected chi connectivity index (χ3v) is 2.87. The highest BCUT2D eigenvalue weighted by Crippen LogP contribution is 2.08. The fourth-order valence-corrected chi connectivity index (χ4v) is 2.04. The molecule has 0 radical (unpaired) electrons. The quantitative estimate of drug-likeness (QED) is 0.799. The van der Waals surface area contributed by atoms with Gasteiger partial charge < -0.3 is 10.6 Å². The van der Waals surface area contributed by atoms with E-state index in [-0.39, 0.29) is 18.4 Å². The summed E-state index contributed by atoms with van der Waals surface area (Å²) in [7, 11) is 0. The fourth-order valence-electron chi connectivity index (χ4n) is 2.04. The zero-order valence-electron chi connectivity index (χ0n) is 12.3. The monoisotopic (exact) mass is 286 g/mol. The van der Waals surface area contributed by atoms with Crippen LogP contribution in [0.1, 0.15) is 27.2 Å². The molecular formula is C15H18N4O2. The standard InChI is InChI=1S/C15H18N4O2/c1-9-4-10(2)6-12(5-9)15(21)16-8-14(20)17-13-7-11(3)18-19-13/h4-7H,8H2,1-3H3,(H,16,21)(H2,17,18,19,20). The molecule has 0 atom stereocenters. The Morgan fingerprint density at radius 2 is 1.76 bits per heavy atom. The molecule has 0 aliphatic heterocycles. The number of carbonyl (C=O) groups excluding carboxylic acids is 2. The van der Waals surface area contributed by atoms with Gasteiger partial charge in [-0.1, -0.05) is 17.2 Å². The third-order valence-electron chi connectivity index (χ3n) is 2.87. The predicted octanol–water partition coefficient (Wildman–Crippen LogP) is 1.70. The molecule has 2 aromatic rings. The first-order valence-electron chi connectivity index (χ1n) is 6.62. The summed E-state index contributed by atoms with van der Waals surface area (Å²) >= 11 is 0. The van der Waals surface area contributed by atoms with E-state index in [2.05, 4.69) is 20.8 Å². The van der Waals surface area contributed by atoms with E-state index in [9.17, 15) is 9.59 Å². The van der Waals surface area contributed by atoms with Gasteiger partial charge in [0.25, 0.3) is 5.91 Å². The number of hydrogen-bond donors (Lipinski definition) is 3. The summed E-state index contributed by atoms with van der Waals surface area (Å²) in [5.41, 5.74) is 3.42. The van der Waals surface area contributed by atoms with Crippen LogP contribution >= 0.6 is 0 Å². The summed E-state index contributed by atoms with van der Waals surface area (Å²) in [6.45, 7) is 5.59. The molecule has 0 bridgehead atoms. The normalized spacial score (nSPS) is 10.2. The Morgan fingerprint density at radius 3 is 2.33 bits per heavy atom. The van der Waals surface area contributed by atoms with Crippen molar-refractivity contribution in [3.8, 4) is 0 Å². The molecule has 0 fully saturated rings. The number of aromatic nitrogens is 2. The molecule has 0 spiro atoms. The lowest BCUT2D eigenvalue weighted by atomic mass is 10.1. The Balaban J connectivity index is 1.90. The number of aryl methyl sites for hydroxylation is 3. The Labute approximate surface area is 122 Å². The summed E-state index contributed by atoms with van der Waals surface area (Å²) in [6, 6.07) is 7.28. The molecule has 0 aliphatic rings. The number of benzene rings is 1. The zero-order valence-corrected chi connectivity index (χ0v) is 12.3. The van der Waals surface area contributed by atoms with Crippen LogP contribution in [-0.4, -0.2) is 28.6 Å². The highest BCUT2D eigenvalue weighted by atomic mass is 16.2. The third kappa shape index (κ3) is 4.17. The van der Waals surface area contributed by atoms with E-state index in [1.54, 1.807) is 18.2 Å². The second-order valence-corrected chi connectivity index (χ2v) is 5.04. The number of aromatic amines is 1. The van der Waals surface area contributed by atoms with Crippen molar-refractivity contribution in [2.75, 3.05) is 11.9 Å². The van der Waals surface area contributed by atoms with Gasteiger partial charge in [-0.15, -0.1) is 0 Å². The van der Waals surface area contributed by atoms with Crippen molar-refractivity contribution in [3.05, 3.63) is 46.6 Å². The van der Waals surface area contributed by atoms with Gasteiger partial charge in [0.2, 0.25) is 5.91 Å². The molecule has 6 heteroatoms. The largest absolute Gasteiger partial charge is 0.343 e. The van der Waals surface area contributed by atoms with Gasteiger partial charge >= 0.3 is 0 Å². The lowest BCUT2D eigenvalue weighted by Crippen LogP contribution is -2.33. The first-order chi connectivity index (χ1) is 9.94. The minimum Gasteiger partial charge on any atom is -0.343 e. The molecule has 0 saturated heterocycles. The van der Waals surface area contributed by atoms with Crippen LogP contribution in [0.3, 0.4) is 0 Å². The molecule has 0 unspecified atom stereocenters. The number of H-pyrrole nitrogens is 1. The van der Waals surface area contributed by atoms with E-state index in [1.165, 1.54) is 0 Å². The van der Waals surface area contributed by atoms with Crippen LogP contribution in [0.15, 0.2) is 24.3 Å². The Bertz CT molecular complexity index is 656. The van der Waals surface area contributed by atoms with Crippen molar-refractivity contribution in [2.24, 2.45) is 0 Å². The molecule has 1 heterocycles. The second kappa shape index (κ2) is 6.21. The van der Waals surface area contributed by atoms with Gasteiger partial charge in [-0.2, -0.15) is 5.10 Å². The molecule has 6 nitrogen and oxygen atoms in total. The minimum absolute atomic E-state index is 0.0995. The second-order valence-electron chi connectivity index (χ2n) is 5.04. The zero-order chi connectivity index (χ0) is 15.4. The molecule has 0 aliphatic carbocycles. The summed E-state index contributed by atoms with van der Waals surface area (Å²) in [5.74, 6) is -0.146. The number of hydrogen-bond acceptors (Lipinski definition) is 3. The van der Waals surface area contributed by atoms with E-state index < -0.39 is 0 Å². The smallest absolute Gasteiger partial charge is 0.251 e. The Kier molecular flexibility index (Phi) is 4.37. The van der Waals surface area contributed by atoms with Gasteiger partial charge in [-0.25, -0.2) is 0 Å². The fraction of sp³-hybridized carbons (Fsp3) is 0.267. The van der Waals surface area contributed by atoms with Crippen LogP contribution in [0.2, 0.25) is 0 Å². The van der Waals surface area contributed by atoms with Gasteiger partial charge in [0.05, 0.1) is 6.54 Å². The van der Waals surface area contributed by atoms with E-state index in [0.717, 1.165) is 16.8 Å². The first-order valence-corrected chi connectivity index (χ1v) is 6.62. The van der Waals surface area contributed by atoms with Crippen LogP contribution in [-0.2, 0) is 4.79 Å².